The lowest BCUT2D eigenvalue weighted by Gasteiger charge is -2.08. The normalized spacial score (nSPS) is 12.1. The molecular formula is C11H14BrNO2. The van der Waals surface area contributed by atoms with Gasteiger partial charge in [0.25, 0.3) is 0 Å². The summed E-state index contributed by atoms with van der Waals surface area (Å²) in [5, 5.41) is 0. The highest BCUT2D eigenvalue weighted by Crippen LogP contribution is 2.16. The van der Waals surface area contributed by atoms with Crippen molar-refractivity contribution in [2.75, 3.05) is 6.61 Å². The largest absolute Gasteiger partial charge is 0.494 e. The van der Waals surface area contributed by atoms with Gasteiger partial charge in [0.05, 0.1) is 11.4 Å². The molecule has 0 fully saturated rings. The second kappa shape index (κ2) is 5.75. The van der Waals surface area contributed by atoms with Crippen molar-refractivity contribution < 1.29 is 9.53 Å². The molecule has 3 nitrogen and oxygen atoms in total. The van der Waals surface area contributed by atoms with Crippen molar-refractivity contribution in [3.8, 4) is 5.75 Å². The molecule has 4 heteroatoms. The van der Waals surface area contributed by atoms with Gasteiger partial charge in [-0.3, -0.25) is 4.79 Å². The summed E-state index contributed by atoms with van der Waals surface area (Å²) < 4.78 is 5.36. The molecule has 82 valence electrons. The second-order valence-corrected chi connectivity index (χ2v) is 4.26. The first-order valence-electron chi connectivity index (χ1n) is 4.78. The van der Waals surface area contributed by atoms with Crippen LogP contribution in [0.25, 0.3) is 0 Å². The lowest BCUT2D eigenvalue weighted by atomic mass is 10.1. The molecule has 0 saturated carbocycles. The van der Waals surface area contributed by atoms with Crippen LogP contribution in [0.5, 0.6) is 5.75 Å². The van der Waals surface area contributed by atoms with Crippen LogP contribution in [0.15, 0.2) is 24.3 Å². The molecule has 0 aliphatic heterocycles. The Morgan fingerprint density at radius 2 is 2.33 bits per heavy atom. The zero-order chi connectivity index (χ0) is 11.3. The van der Waals surface area contributed by atoms with Crippen molar-refractivity contribution in [3.63, 3.8) is 0 Å². The van der Waals surface area contributed by atoms with Gasteiger partial charge >= 0.3 is 0 Å². The van der Waals surface area contributed by atoms with E-state index in [1.807, 2.05) is 31.2 Å². The number of carbonyl (C=O) groups excluding carboxylic acids is 1. The molecule has 0 aliphatic rings. The minimum absolute atomic E-state index is 0.325. The number of ether oxygens (including phenoxy) is 1. The molecule has 0 bridgehead atoms. The first-order valence-corrected chi connectivity index (χ1v) is 5.70. The number of amides is 1. The Morgan fingerprint density at radius 1 is 1.60 bits per heavy atom. The number of hydrogen-bond donors (Lipinski definition) is 1. The molecular weight excluding hydrogens is 258 g/mol. The van der Waals surface area contributed by atoms with Gasteiger partial charge in [-0.15, -0.1) is 0 Å². The lowest BCUT2D eigenvalue weighted by molar-refractivity contribution is -0.117. The number of rotatable bonds is 5. The van der Waals surface area contributed by atoms with Crippen LogP contribution in [0.3, 0.4) is 0 Å². The Labute approximate surface area is 97.7 Å². The Balaban J connectivity index is 2.68. The van der Waals surface area contributed by atoms with Gasteiger partial charge in [-0.25, -0.2) is 0 Å². The molecule has 0 radical (unpaired) electrons. The molecule has 0 heterocycles. The van der Waals surface area contributed by atoms with Crippen LogP contribution < -0.4 is 10.5 Å². The molecule has 1 amide bonds. The van der Waals surface area contributed by atoms with Gasteiger partial charge in [0.15, 0.2) is 0 Å². The van der Waals surface area contributed by atoms with Crippen molar-refractivity contribution in [1.82, 2.24) is 0 Å². The Bertz CT molecular complexity index is 341. The molecule has 1 aromatic rings. The summed E-state index contributed by atoms with van der Waals surface area (Å²) in [6.07, 6.45) is 0.580. The van der Waals surface area contributed by atoms with Gasteiger partial charge in [0, 0.05) is 0 Å². The van der Waals surface area contributed by atoms with Crippen LogP contribution in [0.4, 0.5) is 0 Å². The highest BCUT2D eigenvalue weighted by atomic mass is 79.9. The van der Waals surface area contributed by atoms with E-state index >= 15 is 0 Å². The monoisotopic (exact) mass is 271 g/mol. The second-order valence-electron chi connectivity index (χ2n) is 3.15. The number of primary amides is 1. The first kappa shape index (κ1) is 12.0. The van der Waals surface area contributed by atoms with Crippen molar-refractivity contribution in [2.45, 2.75) is 18.2 Å². The fourth-order valence-corrected chi connectivity index (χ4v) is 1.61. The standard InChI is InChI=1S/C11H14BrNO2/c1-2-15-9-5-3-4-8(6-9)7-10(12)11(13)14/h3-6,10H,2,7H2,1H3,(H2,13,14). The van der Waals surface area contributed by atoms with E-state index < -0.39 is 0 Å². The number of hydrogen-bond acceptors (Lipinski definition) is 2. The summed E-state index contributed by atoms with van der Waals surface area (Å²) in [7, 11) is 0. The molecule has 0 aliphatic carbocycles. The van der Waals surface area contributed by atoms with Crippen LogP contribution in [-0.4, -0.2) is 17.3 Å². The number of halogens is 1. The quantitative estimate of drug-likeness (QED) is 0.832. The van der Waals surface area contributed by atoms with Crippen molar-refractivity contribution in [2.24, 2.45) is 5.73 Å². The third-order valence-electron chi connectivity index (χ3n) is 1.93. The zero-order valence-corrected chi connectivity index (χ0v) is 10.2. The molecule has 0 aromatic heterocycles. The summed E-state index contributed by atoms with van der Waals surface area (Å²) in [6, 6.07) is 7.65. The highest BCUT2D eigenvalue weighted by Gasteiger charge is 2.11. The van der Waals surface area contributed by atoms with Crippen LogP contribution in [-0.2, 0) is 11.2 Å². The van der Waals surface area contributed by atoms with Crippen LogP contribution in [0.2, 0.25) is 0 Å². The van der Waals surface area contributed by atoms with Gasteiger partial charge in [-0.05, 0) is 31.0 Å². The minimum Gasteiger partial charge on any atom is -0.494 e. The summed E-state index contributed by atoms with van der Waals surface area (Å²) in [5.41, 5.74) is 6.19. The Morgan fingerprint density at radius 3 is 2.93 bits per heavy atom. The fourth-order valence-electron chi connectivity index (χ4n) is 1.24. The van der Waals surface area contributed by atoms with Crippen molar-refractivity contribution >= 4 is 21.8 Å². The lowest BCUT2D eigenvalue weighted by Crippen LogP contribution is -2.24. The Hall–Kier alpha value is -1.03. The molecule has 1 rings (SSSR count). The fraction of sp³-hybridized carbons (Fsp3) is 0.364. The SMILES string of the molecule is CCOc1cccc(CC(Br)C(N)=O)c1. The maximum absolute atomic E-state index is 10.9. The molecule has 1 atom stereocenters. The number of carbonyl (C=O) groups is 1. The number of alkyl halides is 1. The third-order valence-corrected chi connectivity index (χ3v) is 2.71. The van der Waals surface area contributed by atoms with Crippen LogP contribution >= 0.6 is 15.9 Å². The van der Waals surface area contributed by atoms with Gasteiger partial charge in [0.2, 0.25) is 5.91 Å². The number of nitrogens with two attached hydrogens (primary N) is 1. The van der Waals surface area contributed by atoms with Crippen LogP contribution in [0, 0.1) is 0 Å². The molecule has 1 unspecified atom stereocenters. The average molecular weight is 272 g/mol. The van der Waals surface area contributed by atoms with Crippen LogP contribution in [0.1, 0.15) is 12.5 Å². The van der Waals surface area contributed by atoms with Gasteiger partial charge in [0.1, 0.15) is 5.75 Å². The molecule has 15 heavy (non-hydrogen) atoms. The molecule has 1 aromatic carbocycles. The average Bonchev–Trinajstić information content (AvgIpc) is 2.18. The van der Waals surface area contributed by atoms with Gasteiger partial charge in [-0.1, -0.05) is 28.1 Å². The van der Waals surface area contributed by atoms with E-state index in [0.29, 0.717) is 13.0 Å². The first-order chi connectivity index (χ1) is 7.13. The van der Waals surface area contributed by atoms with E-state index in [-0.39, 0.29) is 10.7 Å². The summed E-state index contributed by atoms with van der Waals surface area (Å²) >= 11 is 3.23. The topological polar surface area (TPSA) is 52.3 Å². The molecule has 0 spiro atoms. The van der Waals surface area contributed by atoms with Crippen molar-refractivity contribution in [3.05, 3.63) is 29.8 Å². The minimum atomic E-state index is -0.350. The smallest absolute Gasteiger partial charge is 0.231 e. The maximum Gasteiger partial charge on any atom is 0.231 e. The van der Waals surface area contributed by atoms with Crippen molar-refractivity contribution in [1.29, 1.82) is 0 Å². The molecule has 2 N–H and O–H groups in total. The van der Waals surface area contributed by atoms with E-state index in [0.717, 1.165) is 11.3 Å². The zero-order valence-electron chi connectivity index (χ0n) is 8.57. The predicted octanol–water partition coefficient (Wildman–Crippen LogP) is 1.88. The third kappa shape index (κ3) is 3.91. The highest BCUT2D eigenvalue weighted by molar-refractivity contribution is 9.10. The predicted molar refractivity (Wildman–Crippen MR) is 63.2 cm³/mol. The van der Waals surface area contributed by atoms with E-state index in [4.69, 9.17) is 10.5 Å². The Kier molecular flexibility index (Phi) is 4.62. The van der Waals surface area contributed by atoms with E-state index in [9.17, 15) is 4.79 Å². The van der Waals surface area contributed by atoms with E-state index in [1.54, 1.807) is 0 Å². The summed E-state index contributed by atoms with van der Waals surface area (Å²) in [5.74, 6) is 0.469. The van der Waals surface area contributed by atoms with E-state index in [1.165, 1.54) is 0 Å². The van der Waals surface area contributed by atoms with Gasteiger partial charge in [-0.2, -0.15) is 0 Å². The van der Waals surface area contributed by atoms with Gasteiger partial charge < -0.3 is 10.5 Å². The maximum atomic E-state index is 10.9. The number of benzene rings is 1. The summed E-state index contributed by atoms with van der Waals surface area (Å²) in [4.78, 5) is 10.5. The summed E-state index contributed by atoms with van der Waals surface area (Å²) in [6.45, 7) is 2.57. The van der Waals surface area contributed by atoms with E-state index in [2.05, 4.69) is 15.9 Å². The molecule has 0 saturated heterocycles.